The molecular formula is C19H25NO7. The summed E-state index contributed by atoms with van der Waals surface area (Å²) in [4.78, 5) is 37.1. The summed E-state index contributed by atoms with van der Waals surface area (Å²) in [6.45, 7) is 7.10. The van der Waals surface area contributed by atoms with Gasteiger partial charge in [0.15, 0.2) is 0 Å². The fraction of sp³-hybridized carbons (Fsp3) is 0.526. The summed E-state index contributed by atoms with van der Waals surface area (Å²) < 4.78 is 16.1. The van der Waals surface area contributed by atoms with Gasteiger partial charge in [-0.2, -0.15) is 0 Å². The minimum atomic E-state index is -1.13. The van der Waals surface area contributed by atoms with E-state index in [1.807, 2.05) is 0 Å². The second kappa shape index (κ2) is 8.28. The molecule has 1 amide bonds. The van der Waals surface area contributed by atoms with Crippen LogP contribution >= 0.6 is 0 Å². The molecule has 0 spiro atoms. The standard InChI is InChI=1S/C19H25NO7/c1-5-25-17(23)13-8-6-7-9-15(13)26-12-10-14(16(21)22)20(11-12)18(24)27-19(2,3)4/h6-9,12,14H,5,10-11H2,1-4H3,(H,21,22)/t12-,14-/m1/s1. The van der Waals surface area contributed by atoms with Gasteiger partial charge in [-0.05, 0) is 39.8 Å². The van der Waals surface area contributed by atoms with Gasteiger partial charge in [0.25, 0.3) is 0 Å². The van der Waals surface area contributed by atoms with Gasteiger partial charge in [-0.15, -0.1) is 0 Å². The number of ether oxygens (including phenoxy) is 3. The van der Waals surface area contributed by atoms with Crippen LogP contribution in [0.2, 0.25) is 0 Å². The first-order valence-corrected chi connectivity index (χ1v) is 8.77. The summed E-state index contributed by atoms with van der Waals surface area (Å²) in [5, 5.41) is 9.45. The van der Waals surface area contributed by atoms with Crippen molar-refractivity contribution in [2.24, 2.45) is 0 Å². The van der Waals surface area contributed by atoms with E-state index < -0.39 is 35.8 Å². The number of hydrogen-bond donors (Lipinski definition) is 1. The lowest BCUT2D eigenvalue weighted by Gasteiger charge is -2.26. The van der Waals surface area contributed by atoms with Gasteiger partial charge in [-0.3, -0.25) is 4.90 Å². The monoisotopic (exact) mass is 379 g/mol. The van der Waals surface area contributed by atoms with Crippen molar-refractivity contribution >= 4 is 18.0 Å². The third kappa shape index (κ3) is 5.35. The van der Waals surface area contributed by atoms with Crippen LogP contribution in [0, 0.1) is 0 Å². The molecule has 0 aromatic heterocycles. The van der Waals surface area contributed by atoms with E-state index in [0.29, 0.717) is 0 Å². The number of carbonyl (C=O) groups excluding carboxylic acids is 2. The van der Waals surface area contributed by atoms with Gasteiger partial charge in [0.1, 0.15) is 29.1 Å². The van der Waals surface area contributed by atoms with Gasteiger partial charge < -0.3 is 19.3 Å². The number of carboxylic acids is 1. The number of aliphatic carboxylic acids is 1. The van der Waals surface area contributed by atoms with Gasteiger partial charge in [-0.1, -0.05) is 12.1 Å². The fourth-order valence-corrected chi connectivity index (χ4v) is 2.77. The largest absolute Gasteiger partial charge is 0.488 e. The second-order valence-corrected chi connectivity index (χ2v) is 7.18. The zero-order chi connectivity index (χ0) is 20.2. The van der Waals surface area contributed by atoms with Crippen LogP contribution in [0.4, 0.5) is 4.79 Å². The van der Waals surface area contributed by atoms with Gasteiger partial charge in [0, 0.05) is 6.42 Å². The molecular weight excluding hydrogens is 354 g/mol. The summed E-state index contributed by atoms with van der Waals surface area (Å²) >= 11 is 0. The third-order valence-electron chi connectivity index (χ3n) is 3.85. The highest BCUT2D eigenvalue weighted by Gasteiger charge is 2.43. The Morgan fingerprint density at radius 3 is 2.48 bits per heavy atom. The normalized spacial score (nSPS) is 19.5. The zero-order valence-electron chi connectivity index (χ0n) is 15.9. The Morgan fingerprint density at radius 1 is 1.22 bits per heavy atom. The molecule has 2 atom stereocenters. The lowest BCUT2D eigenvalue weighted by molar-refractivity contribution is -0.142. The topological polar surface area (TPSA) is 102 Å². The Morgan fingerprint density at radius 2 is 1.89 bits per heavy atom. The molecule has 1 aromatic rings. The third-order valence-corrected chi connectivity index (χ3v) is 3.85. The molecule has 1 aromatic carbocycles. The van der Waals surface area contributed by atoms with E-state index in [1.165, 1.54) is 0 Å². The van der Waals surface area contributed by atoms with E-state index in [1.54, 1.807) is 52.0 Å². The summed E-state index contributed by atoms with van der Waals surface area (Å²) in [5.41, 5.74) is -0.489. The first-order valence-electron chi connectivity index (χ1n) is 8.77. The molecule has 0 aliphatic carbocycles. The van der Waals surface area contributed by atoms with E-state index >= 15 is 0 Å². The van der Waals surface area contributed by atoms with E-state index in [9.17, 15) is 19.5 Å². The Kier molecular flexibility index (Phi) is 6.30. The predicted molar refractivity (Wildman–Crippen MR) is 95.8 cm³/mol. The van der Waals surface area contributed by atoms with Crippen LogP contribution in [0.15, 0.2) is 24.3 Å². The SMILES string of the molecule is CCOC(=O)c1ccccc1O[C@@H]1C[C@H](C(=O)O)N(C(=O)OC(C)(C)C)C1. The summed E-state index contributed by atoms with van der Waals surface area (Å²) in [7, 11) is 0. The van der Waals surface area contributed by atoms with E-state index in [-0.39, 0.29) is 30.9 Å². The maximum Gasteiger partial charge on any atom is 0.411 e. The van der Waals surface area contributed by atoms with Gasteiger partial charge >= 0.3 is 18.0 Å². The smallest absolute Gasteiger partial charge is 0.411 e. The zero-order valence-corrected chi connectivity index (χ0v) is 15.9. The average molecular weight is 379 g/mol. The minimum Gasteiger partial charge on any atom is -0.488 e. The van der Waals surface area contributed by atoms with Crippen molar-refractivity contribution in [3.05, 3.63) is 29.8 Å². The highest BCUT2D eigenvalue weighted by molar-refractivity contribution is 5.92. The van der Waals surface area contributed by atoms with E-state index in [4.69, 9.17) is 14.2 Å². The molecule has 1 saturated heterocycles. The first kappa shape index (κ1) is 20.5. The Bertz CT molecular complexity index is 710. The van der Waals surface area contributed by atoms with Crippen molar-refractivity contribution in [1.29, 1.82) is 0 Å². The van der Waals surface area contributed by atoms with E-state index in [2.05, 4.69) is 0 Å². The van der Waals surface area contributed by atoms with Crippen LogP contribution in [0.3, 0.4) is 0 Å². The Balaban J connectivity index is 2.16. The molecule has 0 radical (unpaired) electrons. The van der Waals surface area contributed by atoms with Crippen LogP contribution in [-0.4, -0.2) is 58.9 Å². The summed E-state index contributed by atoms with van der Waals surface area (Å²) in [6.07, 6.45) is -1.21. The molecule has 2 rings (SSSR count). The molecule has 1 aliphatic heterocycles. The number of benzene rings is 1. The van der Waals surface area contributed by atoms with Crippen LogP contribution in [0.25, 0.3) is 0 Å². The maximum atomic E-state index is 12.3. The quantitative estimate of drug-likeness (QED) is 0.785. The first-order chi connectivity index (χ1) is 12.6. The number of hydrogen-bond acceptors (Lipinski definition) is 6. The van der Waals surface area contributed by atoms with Crippen molar-refractivity contribution < 1.29 is 33.7 Å². The molecule has 0 saturated carbocycles. The molecule has 148 valence electrons. The van der Waals surface area contributed by atoms with Crippen molar-refractivity contribution in [3.63, 3.8) is 0 Å². The molecule has 27 heavy (non-hydrogen) atoms. The van der Waals surface area contributed by atoms with Crippen molar-refractivity contribution in [2.75, 3.05) is 13.2 Å². The molecule has 1 heterocycles. The lowest BCUT2D eigenvalue weighted by Crippen LogP contribution is -2.43. The molecule has 8 nitrogen and oxygen atoms in total. The van der Waals surface area contributed by atoms with Crippen LogP contribution in [0.1, 0.15) is 44.5 Å². The molecule has 0 unspecified atom stereocenters. The molecule has 8 heteroatoms. The fourth-order valence-electron chi connectivity index (χ4n) is 2.77. The number of rotatable bonds is 5. The average Bonchev–Trinajstić information content (AvgIpc) is 2.98. The highest BCUT2D eigenvalue weighted by Crippen LogP contribution is 2.27. The second-order valence-electron chi connectivity index (χ2n) is 7.18. The number of likely N-dealkylation sites (tertiary alicyclic amines) is 1. The summed E-state index contributed by atoms with van der Waals surface area (Å²) in [5.74, 6) is -1.37. The number of carbonyl (C=O) groups is 3. The van der Waals surface area contributed by atoms with Crippen molar-refractivity contribution in [3.8, 4) is 5.75 Å². The number of esters is 1. The van der Waals surface area contributed by atoms with Crippen molar-refractivity contribution in [2.45, 2.75) is 51.9 Å². The number of nitrogens with zero attached hydrogens (tertiary/aromatic N) is 1. The number of carboxylic acid groups (broad SMARTS) is 1. The Labute approximate surface area is 158 Å². The number of para-hydroxylation sites is 1. The minimum absolute atomic E-state index is 0.0447. The van der Waals surface area contributed by atoms with Crippen molar-refractivity contribution in [1.82, 2.24) is 4.90 Å². The molecule has 1 aliphatic rings. The van der Waals surface area contributed by atoms with Crippen LogP contribution < -0.4 is 4.74 Å². The Hall–Kier alpha value is -2.77. The van der Waals surface area contributed by atoms with Crippen LogP contribution in [-0.2, 0) is 14.3 Å². The van der Waals surface area contributed by atoms with Gasteiger partial charge in [-0.25, -0.2) is 14.4 Å². The molecule has 1 fully saturated rings. The van der Waals surface area contributed by atoms with Crippen LogP contribution in [0.5, 0.6) is 5.75 Å². The number of amides is 1. The van der Waals surface area contributed by atoms with E-state index in [0.717, 1.165) is 4.90 Å². The van der Waals surface area contributed by atoms with Gasteiger partial charge in [0.2, 0.25) is 0 Å². The van der Waals surface area contributed by atoms with Gasteiger partial charge in [0.05, 0.1) is 13.2 Å². The molecule has 0 bridgehead atoms. The molecule has 1 N–H and O–H groups in total. The maximum absolute atomic E-state index is 12.3. The summed E-state index contributed by atoms with van der Waals surface area (Å²) in [6, 6.07) is 5.51. The highest BCUT2D eigenvalue weighted by atomic mass is 16.6. The predicted octanol–water partition coefficient (Wildman–Crippen LogP) is 2.70. The lowest BCUT2D eigenvalue weighted by atomic mass is 10.1.